The second kappa shape index (κ2) is 4.96. The number of hydrogen-bond acceptors (Lipinski definition) is 2. The number of rotatable bonds is 4. The van der Waals surface area contributed by atoms with Crippen LogP contribution in [0.4, 0.5) is 5.69 Å². The maximum atomic E-state index is 10.7. The van der Waals surface area contributed by atoms with Crippen molar-refractivity contribution in [2.75, 3.05) is 0 Å². The lowest BCUT2D eigenvalue weighted by Gasteiger charge is -2.09. The van der Waals surface area contributed by atoms with Gasteiger partial charge in [0.25, 0.3) is 5.69 Å². The van der Waals surface area contributed by atoms with Crippen LogP contribution in [-0.4, -0.2) is 11.6 Å². The van der Waals surface area contributed by atoms with E-state index in [1.807, 2.05) is 6.55 Å². The molecule has 3 nitrogen and oxygen atoms in total. The van der Waals surface area contributed by atoms with Gasteiger partial charge in [0, 0.05) is 11.6 Å². The molecule has 0 atom stereocenters. The predicted octanol–water partition coefficient (Wildman–Crippen LogP) is 3.69. The Kier molecular flexibility index (Phi) is 4.13. The van der Waals surface area contributed by atoms with Crippen LogP contribution in [0.25, 0.3) is 0 Å². The molecule has 1 aromatic carbocycles. The zero-order valence-electron chi connectivity index (χ0n) is 8.24. The molecule has 0 unspecified atom stereocenters. The molecule has 0 amide bonds. The van der Waals surface area contributed by atoms with E-state index in [1.165, 1.54) is 6.07 Å². The number of halogens is 2. The van der Waals surface area contributed by atoms with Crippen LogP contribution in [0.5, 0.6) is 0 Å². The van der Waals surface area contributed by atoms with Crippen molar-refractivity contribution in [3.05, 3.63) is 39.9 Å². The Morgan fingerprint density at radius 1 is 1.40 bits per heavy atom. The SMILES string of the molecule is C[Si](Cl)(Cl)CCc1ccccc1[N+](=O)[O-]. The first-order valence-corrected chi connectivity index (χ1v) is 9.23. The molecule has 82 valence electrons. The summed E-state index contributed by atoms with van der Waals surface area (Å²) in [5.74, 6) is 0. The highest BCUT2D eigenvalue weighted by atomic mass is 35.7. The molecule has 0 spiro atoms. The first kappa shape index (κ1) is 12.5. The number of nitro groups is 1. The van der Waals surface area contributed by atoms with E-state index < -0.39 is 6.69 Å². The van der Waals surface area contributed by atoms with Crippen molar-refractivity contribution in [1.82, 2.24) is 0 Å². The molecular formula is C9H11Cl2NO2Si. The van der Waals surface area contributed by atoms with Crippen LogP contribution in [0.15, 0.2) is 24.3 Å². The minimum atomic E-state index is -2.18. The minimum absolute atomic E-state index is 0.143. The molecule has 1 rings (SSSR count). The maximum Gasteiger partial charge on any atom is 0.272 e. The van der Waals surface area contributed by atoms with Crippen molar-refractivity contribution in [1.29, 1.82) is 0 Å². The van der Waals surface area contributed by atoms with E-state index in [-0.39, 0.29) is 10.6 Å². The van der Waals surface area contributed by atoms with Crippen molar-refractivity contribution in [3.63, 3.8) is 0 Å². The van der Waals surface area contributed by atoms with E-state index in [0.29, 0.717) is 18.0 Å². The molecule has 0 radical (unpaired) electrons. The fourth-order valence-electron chi connectivity index (χ4n) is 1.25. The lowest BCUT2D eigenvalue weighted by Crippen LogP contribution is -2.13. The summed E-state index contributed by atoms with van der Waals surface area (Å²) in [4.78, 5) is 10.3. The van der Waals surface area contributed by atoms with E-state index in [1.54, 1.807) is 18.2 Å². The van der Waals surface area contributed by atoms with Crippen LogP contribution in [0.1, 0.15) is 5.56 Å². The third-order valence-corrected chi connectivity index (χ3v) is 4.28. The molecule has 0 aliphatic heterocycles. The Balaban J connectivity index is 2.81. The smallest absolute Gasteiger partial charge is 0.258 e. The third kappa shape index (κ3) is 4.20. The third-order valence-electron chi connectivity index (χ3n) is 2.02. The van der Waals surface area contributed by atoms with Crippen LogP contribution < -0.4 is 0 Å². The summed E-state index contributed by atoms with van der Waals surface area (Å²) in [5, 5.41) is 10.7. The second-order valence-corrected chi connectivity index (χ2v) is 11.7. The van der Waals surface area contributed by atoms with Gasteiger partial charge < -0.3 is 0 Å². The van der Waals surface area contributed by atoms with E-state index >= 15 is 0 Å². The summed E-state index contributed by atoms with van der Waals surface area (Å²) in [6, 6.07) is 7.30. The van der Waals surface area contributed by atoms with Gasteiger partial charge in [-0.2, -0.15) is 0 Å². The summed E-state index contributed by atoms with van der Waals surface area (Å²) in [7, 11) is 0. The zero-order valence-corrected chi connectivity index (χ0v) is 10.8. The van der Waals surface area contributed by atoms with Gasteiger partial charge >= 0.3 is 0 Å². The molecule has 15 heavy (non-hydrogen) atoms. The molecule has 0 aliphatic rings. The fraction of sp³-hybridized carbons (Fsp3) is 0.333. The largest absolute Gasteiger partial charge is 0.272 e. The summed E-state index contributed by atoms with van der Waals surface area (Å²) < 4.78 is 0. The van der Waals surface area contributed by atoms with Crippen LogP contribution in [0, 0.1) is 10.1 Å². The molecule has 0 N–H and O–H groups in total. The Morgan fingerprint density at radius 3 is 2.53 bits per heavy atom. The summed E-state index contributed by atoms with van der Waals surface area (Å²) in [6.07, 6.45) is 0.562. The Labute approximate surface area is 98.6 Å². The highest BCUT2D eigenvalue weighted by Gasteiger charge is 2.22. The van der Waals surface area contributed by atoms with Gasteiger partial charge in [0.05, 0.1) is 4.92 Å². The van der Waals surface area contributed by atoms with Gasteiger partial charge in [-0.3, -0.25) is 10.1 Å². The average molecular weight is 264 g/mol. The first-order chi connectivity index (χ1) is 6.90. The number of hydrogen-bond donors (Lipinski definition) is 0. The topological polar surface area (TPSA) is 43.1 Å². The van der Waals surface area contributed by atoms with Gasteiger partial charge in [-0.05, 0) is 19.0 Å². The van der Waals surface area contributed by atoms with Crippen molar-refractivity contribution in [2.24, 2.45) is 0 Å². The number of aryl methyl sites for hydroxylation is 1. The molecule has 6 heteroatoms. The van der Waals surface area contributed by atoms with Crippen LogP contribution in [0.3, 0.4) is 0 Å². The molecule has 0 saturated heterocycles. The number of nitro benzene ring substituents is 1. The van der Waals surface area contributed by atoms with E-state index in [2.05, 4.69) is 0 Å². The average Bonchev–Trinajstić information content (AvgIpc) is 2.14. The van der Waals surface area contributed by atoms with Crippen molar-refractivity contribution >= 4 is 34.5 Å². The standard InChI is InChI=1S/C9H11Cl2NO2Si/c1-15(10,11)7-6-8-4-2-3-5-9(8)12(13)14/h2-5H,6-7H2,1H3. The summed E-state index contributed by atoms with van der Waals surface area (Å²) in [5.41, 5.74) is 0.839. The Morgan fingerprint density at radius 2 is 2.00 bits per heavy atom. The summed E-state index contributed by atoms with van der Waals surface area (Å²) >= 11 is 11.9. The van der Waals surface area contributed by atoms with Crippen molar-refractivity contribution < 1.29 is 4.92 Å². The molecule has 0 aliphatic carbocycles. The highest BCUT2D eigenvalue weighted by Crippen LogP contribution is 2.26. The maximum absolute atomic E-state index is 10.7. The van der Waals surface area contributed by atoms with Gasteiger partial charge in [0.2, 0.25) is 6.69 Å². The minimum Gasteiger partial charge on any atom is -0.258 e. The van der Waals surface area contributed by atoms with E-state index in [0.717, 1.165) is 0 Å². The van der Waals surface area contributed by atoms with E-state index in [9.17, 15) is 10.1 Å². The normalized spacial score (nSPS) is 11.4. The van der Waals surface area contributed by atoms with Gasteiger partial charge in [-0.15, -0.1) is 22.2 Å². The Hall–Kier alpha value is -0.583. The number of para-hydroxylation sites is 1. The monoisotopic (exact) mass is 263 g/mol. The fourth-order valence-corrected chi connectivity index (χ4v) is 2.53. The molecule has 0 heterocycles. The number of benzene rings is 1. The lowest BCUT2D eigenvalue weighted by molar-refractivity contribution is -0.385. The summed E-state index contributed by atoms with van der Waals surface area (Å²) in [6.45, 7) is -0.365. The van der Waals surface area contributed by atoms with Crippen LogP contribution in [-0.2, 0) is 6.42 Å². The quantitative estimate of drug-likeness (QED) is 0.360. The van der Waals surface area contributed by atoms with E-state index in [4.69, 9.17) is 22.2 Å². The zero-order chi connectivity index (χ0) is 11.5. The van der Waals surface area contributed by atoms with Crippen LogP contribution in [0.2, 0.25) is 12.6 Å². The van der Waals surface area contributed by atoms with Crippen LogP contribution >= 0.6 is 22.2 Å². The molecule has 0 bridgehead atoms. The molecule has 1 aromatic rings. The Bertz CT molecular complexity index is 365. The van der Waals surface area contributed by atoms with Gasteiger partial charge in [-0.25, -0.2) is 0 Å². The lowest BCUT2D eigenvalue weighted by atomic mass is 10.1. The van der Waals surface area contributed by atoms with Crippen molar-refractivity contribution in [2.45, 2.75) is 19.0 Å². The molecular weight excluding hydrogens is 253 g/mol. The van der Waals surface area contributed by atoms with Gasteiger partial charge in [0.1, 0.15) is 0 Å². The molecule has 0 saturated carbocycles. The van der Waals surface area contributed by atoms with Gasteiger partial charge in [0.15, 0.2) is 0 Å². The first-order valence-electron chi connectivity index (χ1n) is 4.50. The molecule has 0 fully saturated rings. The second-order valence-electron chi connectivity index (χ2n) is 3.46. The predicted molar refractivity (Wildman–Crippen MR) is 64.9 cm³/mol. The van der Waals surface area contributed by atoms with Crippen molar-refractivity contribution in [3.8, 4) is 0 Å². The molecule has 0 aromatic heterocycles. The number of nitrogens with zero attached hydrogens (tertiary/aromatic N) is 1. The highest BCUT2D eigenvalue weighted by molar-refractivity contribution is 7.44. The van der Waals surface area contributed by atoms with Gasteiger partial charge in [-0.1, -0.05) is 18.2 Å².